The van der Waals surface area contributed by atoms with E-state index in [0.717, 1.165) is 20.7 Å². The van der Waals surface area contributed by atoms with Gasteiger partial charge < -0.3 is 15.3 Å². The summed E-state index contributed by atoms with van der Waals surface area (Å²) in [5.74, 6) is -0.190. The maximum Gasteiger partial charge on any atom is 0.251 e. The topological polar surface area (TPSA) is 52.6 Å². The van der Waals surface area contributed by atoms with E-state index in [-0.39, 0.29) is 12.5 Å². The zero-order chi connectivity index (χ0) is 18.0. The number of nitrogens with one attached hydrogen (secondary N) is 1. The van der Waals surface area contributed by atoms with Crippen LogP contribution < -0.4 is 10.2 Å². The van der Waals surface area contributed by atoms with Gasteiger partial charge in [-0.25, -0.2) is 0 Å². The molecule has 0 aliphatic heterocycles. The van der Waals surface area contributed by atoms with Gasteiger partial charge in [-0.3, -0.25) is 4.79 Å². The molecule has 1 unspecified atom stereocenters. The number of benzene rings is 2. The SMILES string of the molecule is CN(C)c1cccc(C(=O)NCC(C)(O)c2cc3ccccc3s2)c1. The second-order valence-electron chi connectivity index (χ2n) is 6.55. The quantitative estimate of drug-likeness (QED) is 0.736. The Morgan fingerprint density at radius 2 is 1.92 bits per heavy atom. The van der Waals surface area contributed by atoms with E-state index in [1.807, 2.05) is 67.5 Å². The van der Waals surface area contributed by atoms with Gasteiger partial charge in [0, 0.05) is 34.9 Å². The van der Waals surface area contributed by atoms with E-state index in [4.69, 9.17) is 0 Å². The van der Waals surface area contributed by atoms with Gasteiger partial charge in [-0.1, -0.05) is 24.3 Å². The molecule has 0 aliphatic rings. The highest BCUT2D eigenvalue weighted by Gasteiger charge is 2.26. The van der Waals surface area contributed by atoms with E-state index in [2.05, 4.69) is 5.32 Å². The Balaban J connectivity index is 1.73. The van der Waals surface area contributed by atoms with Crippen LogP contribution in [0, 0.1) is 0 Å². The molecule has 1 atom stereocenters. The van der Waals surface area contributed by atoms with Gasteiger partial charge in [-0.2, -0.15) is 0 Å². The monoisotopic (exact) mass is 354 g/mol. The number of thiophene rings is 1. The molecule has 4 nitrogen and oxygen atoms in total. The fraction of sp³-hybridized carbons (Fsp3) is 0.250. The molecule has 0 aliphatic carbocycles. The highest BCUT2D eigenvalue weighted by atomic mass is 32.1. The van der Waals surface area contributed by atoms with Crippen LogP contribution in [-0.2, 0) is 5.60 Å². The molecule has 2 N–H and O–H groups in total. The number of anilines is 1. The lowest BCUT2D eigenvalue weighted by atomic mass is 10.0. The summed E-state index contributed by atoms with van der Waals surface area (Å²) in [6.07, 6.45) is 0. The van der Waals surface area contributed by atoms with Crippen LogP contribution in [-0.4, -0.2) is 31.7 Å². The summed E-state index contributed by atoms with van der Waals surface area (Å²) < 4.78 is 1.13. The van der Waals surface area contributed by atoms with E-state index in [9.17, 15) is 9.90 Å². The molecule has 1 aromatic heterocycles. The predicted molar refractivity (Wildman–Crippen MR) is 104 cm³/mol. The Kier molecular flexibility index (Phi) is 4.79. The van der Waals surface area contributed by atoms with Crippen LogP contribution >= 0.6 is 11.3 Å². The van der Waals surface area contributed by atoms with Gasteiger partial charge in [0.05, 0.1) is 6.54 Å². The normalized spacial score (nSPS) is 13.4. The van der Waals surface area contributed by atoms with Crippen molar-refractivity contribution in [2.45, 2.75) is 12.5 Å². The van der Waals surface area contributed by atoms with E-state index in [1.54, 1.807) is 24.3 Å². The molecule has 2 aromatic carbocycles. The Hall–Kier alpha value is -2.37. The van der Waals surface area contributed by atoms with Crippen LogP contribution in [0.15, 0.2) is 54.6 Å². The first kappa shape index (κ1) is 17.5. The molecule has 0 bridgehead atoms. The van der Waals surface area contributed by atoms with Crippen molar-refractivity contribution in [3.8, 4) is 0 Å². The summed E-state index contributed by atoms with van der Waals surface area (Å²) in [6.45, 7) is 1.89. The molecular weight excluding hydrogens is 332 g/mol. The molecule has 0 spiro atoms. The molecule has 0 radical (unpaired) electrons. The van der Waals surface area contributed by atoms with E-state index >= 15 is 0 Å². The predicted octanol–water partition coefficient (Wildman–Crippen LogP) is 3.60. The lowest BCUT2D eigenvalue weighted by molar-refractivity contribution is 0.0557. The first-order valence-corrected chi connectivity index (χ1v) is 8.95. The summed E-state index contributed by atoms with van der Waals surface area (Å²) in [5.41, 5.74) is 0.431. The number of carbonyl (C=O) groups excluding carboxylic acids is 1. The van der Waals surface area contributed by atoms with Gasteiger partial charge in [0.15, 0.2) is 0 Å². The molecule has 25 heavy (non-hydrogen) atoms. The zero-order valence-electron chi connectivity index (χ0n) is 14.6. The Morgan fingerprint density at radius 3 is 2.64 bits per heavy atom. The van der Waals surface area contributed by atoms with Crippen LogP contribution in [0.4, 0.5) is 5.69 Å². The van der Waals surface area contributed by atoms with Crippen molar-refractivity contribution < 1.29 is 9.90 Å². The fourth-order valence-electron chi connectivity index (χ4n) is 2.61. The van der Waals surface area contributed by atoms with Gasteiger partial charge in [0.1, 0.15) is 5.60 Å². The second-order valence-corrected chi connectivity index (χ2v) is 7.63. The van der Waals surface area contributed by atoms with Crippen molar-refractivity contribution >= 4 is 33.0 Å². The summed E-state index contributed by atoms with van der Waals surface area (Å²) in [4.78, 5) is 15.2. The van der Waals surface area contributed by atoms with Crippen molar-refractivity contribution in [2.75, 3.05) is 25.5 Å². The maximum atomic E-state index is 12.4. The Labute approximate surface area is 151 Å². The third kappa shape index (κ3) is 3.83. The van der Waals surface area contributed by atoms with Crippen LogP contribution in [0.25, 0.3) is 10.1 Å². The van der Waals surface area contributed by atoms with Crippen LogP contribution in [0.3, 0.4) is 0 Å². The Morgan fingerprint density at radius 1 is 1.16 bits per heavy atom. The lowest BCUT2D eigenvalue weighted by Crippen LogP contribution is -2.38. The third-order valence-electron chi connectivity index (χ3n) is 4.17. The number of amides is 1. The van der Waals surface area contributed by atoms with Gasteiger partial charge in [-0.05, 0) is 42.6 Å². The molecule has 1 heterocycles. The molecule has 0 saturated heterocycles. The van der Waals surface area contributed by atoms with Crippen molar-refractivity contribution in [1.29, 1.82) is 0 Å². The number of hydrogen-bond acceptors (Lipinski definition) is 4. The number of aliphatic hydroxyl groups is 1. The first-order valence-electron chi connectivity index (χ1n) is 8.14. The van der Waals surface area contributed by atoms with Gasteiger partial charge in [0.25, 0.3) is 5.91 Å². The largest absolute Gasteiger partial charge is 0.383 e. The minimum Gasteiger partial charge on any atom is -0.383 e. The smallest absolute Gasteiger partial charge is 0.251 e. The van der Waals surface area contributed by atoms with Crippen molar-refractivity contribution in [1.82, 2.24) is 5.32 Å². The van der Waals surface area contributed by atoms with Gasteiger partial charge in [-0.15, -0.1) is 11.3 Å². The second kappa shape index (κ2) is 6.86. The highest BCUT2D eigenvalue weighted by molar-refractivity contribution is 7.19. The van der Waals surface area contributed by atoms with Crippen LogP contribution in [0.1, 0.15) is 22.2 Å². The maximum absolute atomic E-state index is 12.4. The number of carbonyl (C=O) groups is 1. The summed E-state index contributed by atoms with van der Waals surface area (Å²) in [5, 5.41) is 14.8. The minimum absolute atomic E-state index is 0.158. The molecule has 1 amide bonds. The van der Waals surface area contributed by atoms with Crippen molar-refractivity contribution in [3.05, 3.63) is 65.0 Å². The molecule has 0 fully saturated rings. The molecule has 5 heteroatoms. The molecule has 0 saturated carbocycles. The average molecular weight is 354 g/mol. The van der Waals surface area contributed by atoms with Crippen molar-refractivity contribution in [3.63, 3.8) is 0 Å². The van der Waals surface area contributed by atoms with E-state index < -0.39 is 5.60 Å². The first-order chi connectivity index (χ1) is 11.9. The van der Waals surface area contributed by atoms with Crippen LogP contribution in [0.5, 0.6) is 0 Å². The van der Waals surface area contributed by atoms with Gasteiger partial charge >= 0.3 is 0 Å². The summed E-state index contributed by atoms with van der Waals surface area (Å²) in [6, 6.07) is 17.4. The van der Waals surface area contributed by atoms with Gasteiger partial charge in [0.2, 0.25) is 0 Å². The third-order valence-corrected chi connectivity index (χ3v) is 5.54. The fourth-order valence-corrected chi connectivity index (χ4v) is 3.72. The number of nitrogens with zero attached hydrogens (tertiary/aromatic N) is 1. The summed E-state index contributed by atoms with van der Waals surface area (Å²) >= 11 is 1.55. The Bertz CT molecular complexity index is 866. The van der Waals surface area contributed by atoms with Crippen LogP contribution in [0.2, 0.25) is 0 Å². The lowest BCUT2D eigenvalue weighted by Gasteiger charge is -2.22. The average Bonchev–Trinajstić information content (AvgIpc) is 3.05. The number of fused-ring (bicyclic) bond motifs is 1. The van der Waals surface area contributed by atoms with E-state index in [1.165, 1.54) is 0 Å². The molecule has 3 aromatic rings. The number of hydrogen-bond donors (Lipinski definition) is 2. The molecule has 3 rings (SSSR count). The summed E-state index contributed by atoms with van der Waals surface area (Å²) in [7, 11) is 3.87. The molecule has 130 valence electrons. The standard InChI is InChI=1S/C20H22N2O2S/c1-20(24,18-12-14-7-4-5-10-17(14)25-18)13-21-19(23)15-8-6-9-16(11-15)22(2)3/h4-12,24H,13H2,1-3H3,(H,21,23). The van der Waals surface area contributed by atoms with Crippen molar-refractivity contribution in [2.24, 2.45) is 0 Å². The zero-order valence-corrected chi connectivity index (χ0v) is 15.4. The van der Waals surface area contributed by atoms with E-state index in [0.29, 0.717) is 5.56 Å². The number of rotatable bonds is 5. The minimum atomic E-state index is -1.11. The highest BCUT2D eigenvalue weighted by Crippen LogP contribution is 2.32. The molecular formula is C20H22N2O2S.